The van der Waals surface area contributed by atoms with Gasteiger partial charge in [0.25, 0.3) is 0 Å². The van der Waals surface area contributed by atoms with Gasteiger partial charge in [-0.05, 0) is 26.0 Å². The van der Waals surface area contributed by atoms with Gasteiger partial charge in [0, 0.05) is 28.8 Å². The first-order valence-electron chi connectivity index (χ1n) is 5.54. The fourth-order valence-electron chi connectivity index (χ4n) is 1.55. The van der Waals surface area contributed by atoms with Crippen molar-refractivity contribution in [1.82, 2.24) is 9.97 Å². The number of thiazole rings is 1. The van der Waals surface area contributed by atoms with Crippen molar-refractivity contribution >= 4 is 11.3 Å². The zero-order valence-corrected chi connectivity index (χ0v) is 11.0. The Balaban J connectivity index is 2.17. The zero-order valence-electron chi connectivity index (χ0n) is 10.2. The summed E-state index contributed by atoms with van der Waals surface area (Å²) in [5.41, 5.74) is 2.96. The molecule has 0 radical (unpaired) electrons. The number of rotatable bonds is 5. The summed E-state index contributed by atoms with van der Waals surface area (Å²) in [5.74, 6) is 0. The van der Waals surface area contributed by atoms with Crippen LogP contribution in [0.5, 0.6) is 0 Å². The highest BCUT2D eigenvalue weighted by Crippen LogP contribution is 2.27. The summed E-state index contributed by atoms with van der Waals surface area (Å²) in [7, 11) is 0. The molecule has 0 N–H and O–H groups in total. The molecule has 2 rings (SSSR count). The van der Waals surface area contributed by atoms with Gasteiger partial charge in [-0.25, -0.2) is 4.98 Å². The van der Waals surface area contributed by atoms with E-state index in [1.807, 2.05) is 32.2 Å². The maximum Gasteiger partial charge on any atom is 0.155 e. The van der Waals surface area contributed by atoms with Crippen LogP contribution in [-0.2, 0) is 11.3 Å². The Bertz CT molecular complexity index is 537. The van der Waals surface area contributed by atoms with Gasteiger partial charge in [-0.1, -0.05) is 0 Å². The van der Waals surface area contributed by atoms with Crippen molar-refractivity contribution in [2.75, 3.05) is 6.61 Å². The average Bonchev–Trinajstić information content (AvgIpc) is 2.72. The highest BCUT2D eigenvalue weighted by molar-refractivity contribution is 7.15. The summed E-state index contributed by atoms with van der Waals surface area (Å²) in [5, 5.41) is 3.32. The lowest BCUT2D eigenvalue weighted by Gasteiger charge is -1.95. The van der Waals surface area contributed by atoms with Gasteiger partial charge in [-0.15, -0.1) is 16.2 Å². The van der Waals surface area contributed by atoms with Gasteiger partial charge in [-0.2, -0.15) is 0 Å². The fraction of sp³-hybridized carbons (Fsp3) is 0.333. The van der Waals surface area contributed by atoms with Gasteiger partial charge in [0.15, 0.2) is 5.34 Å². The first-order chi connectivity index (χ1) is 8.70. The summed E-state index contributed by atoms with van der Waals surface area (Å²) in [6, 6.07) is 3.97. The molecule has 0 aliphatic rings. The van der Waals surface area contributed by atoms with Crippen LogP contribution in [0.2, 0.25) is 0 Å². The first kappa shape index (κ1) is 12.6. The summed E-state index contributed by atoms with van der Waals surface area (Å²) in [6.45, 7) is 4.19. The van der Waals surface area contributed by atoms with Crippen LogP contribution in [0.1, 0.15) is 16.3 Å². The second-order valence-corrected chi connectivity index (χ2v) is 4.96. The minimum Gasteiger partial charge on any atom is -0.364 e. The van der Waals surface area contributed by atoms with Crippen LogP contribution in [0.4, 0.5) is 0 Å². The molecule has 0 saturated carbocycles. The Hall–Kier alpha value is -1.82. The largest absolute Gasteiger partial charge is 0.364 e. The predicted molar refractivity (Wildman–Crippen MR) is 70.3 cm³/mol. The van der Waals surface area contributed by atoms with Crippen molar-refractivity contribution in [2.24, 2.45) is 5.34 Å². The monoisotopic (exact) mass is 263 g/mol. The van der Waals surface area contributed by atoms with E-state index in [1.165, 1.54) is 0 Å². The first-order valence-corrected chi connectivity index (χ1v) is 6.36. The van der Waals surface area contributed by atoms with E-state index in [-0.39, 0.29) is 6.61 Å². The summed E-state index contributed by atoms with van der Waals surface area (Å²) in [4.78, 5) is 24.2. The Labute approximate surface area is 109 Å². The molecule has 0 aliphatic carbocycles. The number of hydrogen-bond acceptors (Lipinski definition) is 6. The zero-order chi connectivity index (χ0) is 13.0. The molecule has 0 aliphatic heterocycles. The van der Waals surface area contributed by atoms with Crippen LogP contribution in [0.3, 0.4) is 0 Å². The lowest BCUT2D eigenvalue weighted by Crippen LogP contribution is -1.92. The quantitative estimate of drug-likeness (QED) is 0.472. The molecule has 2 aromatic heterocycles. The normalized spacial score (nSPS) is 10.3. The second-order valence-electron chi connectivity index (χ2n) is 3.87. The fourth-order valence-corrected chi connectivity index (χ4v) is 2.59. The van der Waals surface area contributed by atoms with E-state index in [9.17, 15) is 4.91 Å². The maximum absolute atomic E-state index is 9.85. The van der Waals surface area contributed by atoms with Crippen LogP contribution < -0.4 is 0 Å². The molecule has 0 aromatic carbocycles. The Morgan fingerprint density at radius 3 is 2.89 bits per heavy atom. The van der Waals surface area contributed by atoms with Crippen LogP contribution >= 0.6 is 11.3 Å². The third-order valence-corrected chi connectivity index (χ3v) is 3.79. The van der Waals surface area contributed by atoms with Crippen molar-refractivity contribution in [1.29, 1.82) is 0 Å². The Morgan fingerprint density at radius 2 is 2.22 bits per heavy atom. The summed E-state index contributed by atoms with van der Waals surface area (Å²) >= 11 is 1.59. The number of hydrogen-bond donors (Lipinski definition) is 0. The molecule has 0 spiro atoms. The van der Waals surface area contributed by atoms with Gasteiger partial charge in [-0.3, -0.25) is 4.98 Å². The molecule has 94 valence electrons. The molecule has 5 nitrogen and oxygen atoms in total. The number of aromatic nitrogens is 2. The van der Waals surface area contributed by atoms with E-state index in [4.69, 9.17) is 0 Å². The van der Waals surface area contributed by atoms with E-state index in [1.54, 1.807) is 11.3 Å². The minimum atomic E-state index is 0.290. The van der Waals surface area contributed by atoms with Crippen LogP contribution in [0, 0.1) is 18.8 Å². The van der Waals surface area contributed by atoms with E-state index in [0.29, 0.717) is 6.42 Å². The molecule has 6 heteroatoms. The molecule has 0 amide bonds. The van der Waals surface area contributed by atoms with Gasteiger partial charge < -0.3 is 4.84 Å². The lowest BCUT2D eigenvalue weighted by atomic mass is 10.2. The third-order valence-electron chi connectivity index (χ3n) is 2.52. The third kappa shape index (κ3) is 2.89. The molecule has 0 unspecified atom stereocenters. The SMILES string of the molecule is Cc1ccc(-c2nc(C)c(CCON=O)s2)cn1. The summed E-state index contributed by atoms with van der Waals surface area (Å²) < 4.78 is 0. The molecule has 2 heterocycles. The molecular weight excluding hydrogens is 250 g/mol. The minimum absolute atomic E-state index is 0.290. The van der Waals surface area contributed by atoms with Crippen LogP contribution in [-0.4, -0.2) is 16.6 Å². The molecule has 18 heavy (non-hydrogen) atoms. The highest BCUT2D eigenvalue weighted by atomic mass is 32.1. The molecule has 0 atom stereocenters. The Morgan fingerprint density at radius 1 is 1.39 bits per heavy atom. The van der Waals surface area contributed by atoms with E-state index in [2.05, 4.69) is 20.1 Å². The van der Waals surface area contributed by atoms with Crippen molar-refractivity contribution in [3.63, 3.8) is 0 Å². The van der Waals surface area contributed by atoms with Crippen LogP contribution in [0.15, 0.2) is 23.7 Å². The Kier molecular flexibility index (Phi) is 3.99. The predicted octanol–water partition coefficient (Wildman–Crippen LogP) is 3.06. The molecule has 0 fully saturated rings. The molecule has 0 saturated heterocycles. The van der Waals surface area contributed by atoms with Gasteiger partial charge in [0.2, 0.25) is 0 Å². The molecule has 2 aromatic rings. The topological polar surface area (TPSA) is 64.4 Å². The van der Waals surface area contributed by atoms with Gasteiger partial charge in [0.1, 0.15) is 11.6 Å². The smallest absolute Gasteiger partial charge is 0.155 e. The molecular formula is C12H13N3O2S. The highest BCUT2D eigenvalue weighted by Gasteiger charge is 2.09. The molecule has 0 bridgehead atoms. The number of nitrogens with zero attached hydrogens (tertiary/aromatic N) is 3. The maximum atomic E-state index is 9.85. The summed E-state index contributed by atoms with van der Waals surface area (Å²) in [6.07, 6.45) is 2.47. The van der Waals surface area contributed by atoms with Crippen molar-refractivity contribution in [2.45, 2.75) is 20.3 Å². The van der Waals surface area contributed by atoms with Gasteiger partial charge in [0.05, 0.1) is 5.69 Å². The number of aryl methyl sites for hydroxylation is 2. The van der Waals surface area contributed by atoms with E-state index >= 15 is 0 Å². The van der Waals surface area contributed by atoms with E-state index < -0.39 is 0 Å². The van der Waals surface area contributed by atoms with Crippen molar-refractivity contribution in [3.05, 3.63) is 39.5 Å². The standard InChI is InChI=1S/C12H13N3O2S/c1-8-3-4-10(7-13-8)12-14-9(2)11(18-12)5-6-17-15-16/h3-4,7H,5-6H2,1-2H3. The lowest BCUT2D eigenvalue weighted by molar-refractivity contribution is 0.143. The van der Waals surface area contributed by atoms with Crippen molar-refractivity contribution in [3.8, 4) is 10.6 Å². The van der Waals surface area contributed by atoms with Crippen LogP contribution in [0.25, 0.3) is 10.6 Å². The number of pyridine rings is 1. The van der Waals surface area contributed by atoms with Crippen molar-refractivity contribution < 1.29 is 4.84 Å². The van der Waals surface area contributed by atoms with Gasteiger partial charge >= 0.3 is 0 Å². The van der Waals surface area contributed by atoms with E-state index in [0.717, 1.165) is 26.8 Å². The average molecular weight is 263 g/mol. The second kappa shape index (κ2) is 5.68.